The van der Waals surface area contributed by atoms with Crippen molar-refractivity contribution in [1.29, 1.82) is 0 Å². The monoisotopic (exact) mass is 222 g/mol. The van der Waals surface area contributed by atoms with Gasteiger partial charge in [0, 0.05) is 27.1 Å². The van der Waals surface area contributed by atoms with E-state index in [4.69, 9.17) is 5.73 Å². The van der Waals surface area contributed by atoms with Gasteiger partial charge in [0.05, 0.1) is 11.9 Å². The summed E-state index contributed by atoms with van der Waals surface area (Å²) in [7, 11) is 3.49. The van der Waals surface area contributed by atoms with Gasteiger partial charge in [0.15, 0.2) is 0 Å². The molecule has 0 aliphatic carbocycles. The van der Waals surface area contributed by atoms with Crippen LogP contribution in [0.15, 0.2) is 12.3 Å². The van der Waals surface area contributed by atoms with Gasteiger partial charge in [-0.25, -0.2) is 4.98 Å². The van der Waals surface area contributed by atoms with E-state index in [2.05, 4.69) is 10.3 Å². The second-order valence-electron chi connectivity index (χ2n) is 3.90. The summed E-state index contributed by atoms with van der Waals surface area (Å²) in [5, 5.41) is 3.11. The third-order valence-electron chi connectivity index (χ3n) is 2.23. The zero-order valence-corrected chi connectivity index (χ0v) is 9.95. The van der Waals surface area contributed by atoms with Crippen molar-refractivity contribution in [2.75, 3.05) is 31.7 Å². The number of carbonyl (C=O) groups excluding carboxylic acids is 1. The first kappa shape index (κ1) is 12.3. The predicted molar refractivity (Wildman–Crippen MR) is 65.2 cm³/mol. The van der Waals surface area contributed by atoms with Crippen molar-refractivity contribution in [1.82, 2.24) is 9.88 Å². The average Bonchev–Trinajstić information content (AvgIpc) is 2.20. The van der Waals surface area contributed by atoms with E-state index < -0.39 is 0 Å². The summed E-state index contributed by atoms with van der Waals surface area (Å²) in [6.07, 6.45) is 2.06. The van der Waals surface area contributed by atoms with E-state index in [0.717, 1.165) is 11.4 Å². The van der Waals surface area contributed by atoms with Crippen LogP contribution in [0.1, 0.15) is 12.0 Å². The first-order chi connectivity index (χ1) is 7.50. The molecule has 1 heterocycles. The van der Waals surface area contributed by atoms with Gasteiger partial charge in [0.2, 0.25) is 5.91 Å². The van der Waals surface area contributed by atoms with Gasteiger partial charge in [-0.05, 0) is 18.6 Å². The highest BCUT2D eigenvalue weighted by Gasteiger charge is 2.04. The van der Waals surface area contributed by atoms with Gasteiger partial charge in [-0.15, -0.1) is 0 Å². The van der Waals surface area contributed by atoms with Crippen LogP contribution in [0.4, 0.5) is 11.5 Å². The molecule has 0 atom stereocenters. The lowest BCUT2D eigenvalue weighted by molar-refractivity contribution is -0.128. The molecule has 5 heteroatoms. The lowest BCUT2D eigenvalue weighted by atomic mass is 10.2. The molecule has 88 valence electrons. The van der Waals surface area contributed by atoms with E-state index in [0.29, 0.717) is 18.7 Å². The molecule has 0 saturated heterocycles. The average molecular weight is 222 g/mol. The predicted octanol–water partition coefficient (Wildman–Crippen LogP) is 0.862. The van der Waals surface area contributed by atoms with Crippen molar-refractivity contribution < 1.29 is 4.79 Å². The Labute approximate surface area is 95.7 Å². The van der Waals surface area contributed by atoms with Gasteiger partial charge in [-0.1, -0.05) is 0 Å². The van der Waals surface area contributed by atoms with Gasteiger partial charge in [0.1, 0.15) is 5.82 Å². The SMILES string of the molecule is Cc1cc(N)cnc1NCCC(=O)N(C)C. The highest BCUT2D eigenvalue weighted by atomic mass is 16.2. The maximum atomic E-state index is 11.3. The van der Waals surface area contributed by atoms with Gasteiger partial charge < -0.3 is 16.0 Å². The Balaban J connectivity index is 2.46. The number of hydrogen-bond acceptors (Lipinski definition) is 4. The number of rotatable bonds is 4. The van der Waals surface area contributed by atoms with Crippen molar-refractivity contribution in [3.05, 3.63) is 17.8 Å². The quantitative estimate of drug-likeness (QED) is 0.792. The Morgan fingerprint density at radius 3 is 2.81 bits per heavy atom. The zero-order valence-electron chi connectivity index (χ0n) is 9.95. The van der Waals surface area contributed by atoms with Crippen LogP contribution in [0.5, 0.6) is 0 Å². The van der Waals surface area contributed by atoms with E-state index in [1.165, 1.54) is 0 Å². The molecule has 1 rings (SSSR count). The molecule has 3 N–H and O–H groups in total. The van der Waals surface area contributed by atoms with Gasteiger partial charge in [-0.3, -0.25) is 4.79 Å². The molecule has 1 aromatic heterocycles. The molecule has 5 nitrogen and oxygen atoms in total. The van der Waals surface area contributed by atoms with Crippen molar-refractivity contribution in [3.8, 4) is 0 Å². The van der Waals surface area contributed by atoms with E-state index >= 15 is 0 Å². The second-order valence-corrected chi connectivity index (χ2v) is 3.90. The smallest absolute Gasteiger partial charge is 0.223 e. The van der Waals surface area contributed by atoms with Gasteiger partial charge in [0.25, 0.3) is 0 Å². The molecule has 0 aliphatic rings. The Morgan fingerprint density at radius 1 is 1.56 bits per heavy atom. The number of nitrogen functional groups attached to an aromatic ring is 1. The maximum absolute atomic E-state index is 11.3. The van der Waals surface area contributed by atoms with Crippen LogP contribution in [0.3, 0.4) is 0 Å². The normalized spacial score (nSPS) is 9.94. The highest BCUT2D eigenvalue weighted by Crippen LogP contribution is 2.13. The van der Waals surface area contributed by atoms with E-state index in [1.54, 1.807) is 25.2 Å². The number of aryl methyl sites for hydroxylation is 1. The number of carbonyl (C=O) groups is 1. The summed E-state index contributed by atoms with van der Waals surface area (Å²) in [6, 6.07) is 1.85. The summed E-state index contributed by atoms with van der Waals surface area (Å²) in [5.41, 5.74) is 7.22. The number of amides is 1. The largest absolute Gasteiger partial charge is 0.397 e. The van der Waals surface area contributed by atoms with Crippen LogP contribution in [-0.2, 0) is 4.79 Å². The lowest BCUT2D eigenvalue weighted by Crippen LogP contribution is -2.24. The van der Waals surface area contributed by atoms with E-state index in [-0.39, 0.29) is 5.91 Å². The van der Waals surface area contributed by atoms with Crippen molar-refractivity contribution in [2.45, 2.75) is 13.3 Å². The van der Waals surface area contributed by atoms with Crippen molar-refractivity contribution in [3.63, 3.8) is 0 Å². The summed E-state index contributed by atoms with van der Waals surface area (Å²) in [6.45, 7) is 2.51. The minimum Gasteiger partial charge on any atom is -0.397 e. The molecule has 0 bridgehead atoms. The molecular formula is C11H18N4O. The summed E-state index contributed by atoms with van der Waals surface area (Å²) < 4.78 is 0. The highest BCUT2D eigenvalue weighted by molar-refractivity contribution is 5.76. The first-order valence-corrected chi connectivity index (χ1v) is 5.17. The van der Waals surface area contributed by atoms with Crippen LogP contribution in [0.25, 0.3) is 0 Å². The number of aromatic nitrogens is 1. The Kier molecular flexibility index (Phi) is 4.10. The third kappa shape index (κ3) is 3.42. The van der Waals surface area contributed by atoms with Crippen molar-refractivity contribution in [2.24, 2.45) is 0 Å². The summed E-state index contributed by atoms with van der Waals surface area (Å²) in [4.78, 5) is 17.1. The number of nitrogens with two attached hydrogens (primary N) is 1. The zero-order chi connectivity index (χ0) is 12.1. The van der Waals surface area contributed by atoms with Gasteiger partial charge >= 0.3 is 0 Å². The second kappa shape index (κ2) is 5.34. The molecule has 0 aromatic carbocycles. The summed E-state index contributed by atoms with van der Waals surface area (Å²) in [5.74, 6) is 0.876. The minimum atomic E-state index is 0.0978. The van der Waals surface area contributed by atoms with Crippen LogP contribution in [0, 0.1) is 6.92 Å². The fourth-order valence-corrected chi connectivity index (χ4v) is 1.29. The molecule has 0 spiro atoms. The first-order valence-electron chi connectivity index (χ1n) is 5.17. The Bertz CT molecular complexity index is 376. The molecule has 1 aromatic rings. The minimum absolute atomic E-state index is 0.0978. The Morgan fingerprint density at radius 2 is 2.25 bits per heavy atom. The summed E-state index contributed by atoms with van der Waals surface area (Å²) >= 11 is 0. The molecule has 0 radical (unpaired) electrons. The number of nitrogens with one attached hydrogen (secondary N) is 1. The molecule has 0 fully saturated rings. The number of pyridine rings is 1. The number of anilines is 2. The molecule has 16 heavy (non-hydrogen) atoms. The molecule has 0 unspecified atom stereocenters. The van der Waals surface area contributed by atoms with Crippen LogP contribution in [-0.4, -0.2) is 36.4 Å². The Hall–Kier alpha value is -1.78. The van der Waals surface area contributed by atoms with E-state index in [9.17, 15) is 4.79 Å². The van der Waals surface area contributed by atoms with Crippen LogP contribution in [0.2, 0.25) is 0 Å². The maximum Gasteiger partial charge on any atom is 0.223 e. The van der Waals surface area contributed by atoms with Crippen LogP contribution < -0.4 is 11.1 Å². The topological polar surface area (TPSA) is 71.2 Å². The fourth-order valence-electron chi connectivity index (χ4n) is 1.29. The molecular weight excluding hydrogens is 204 g/mol. The number of hydrogen-bond donors (Lipinski definition) is 2. The molecule has 1 amide bonds. The standard InChI is InChI=1S/C11H18N4O/c1-8-6-9(12)7-14-11(8)13-5-4-10(16)15(2)3/h6-7H,4-5,12H2,1-3H3,(H,13,14). The third-order valence-corrected chi connectivity index (χ3v) is 2.23. The van der Waals surface area contributed by atoms with Crippen LogP contribution >= 0.6 is 0 Å². The van der Waals surface area contributed by atoms with E-state index in [1.807, 2.05) is 13.0 Å². The number of nitrogens with zero attached hydrogens (tertiary/aromatic N) is 2. The van der Waals surface area contributed by atoms with Crippen molar-refractivity contribution >= 4 is 17.4 Å². The fraction of sp³-hybridized carbons (Fsp3) is 0.455. The molecule has 0 saturated carbocycles. The lowest BCUT2D eigenvalue weighted by Gasteiger charge is -2.12. The molecule has 0 aliphatic heterocycles. The van der Waals surface area contributed by atoms with Gasteiger partial charge in [-0.2, -0.15) is 0 Å².